The fourth-order valence-corrected chi connectivity index (χ4v) is 4.09. The zero-order valence-corrected chi connectivity index (χ0v) is 16.1. The number of fused-ring (bicyclic) bond motifs is 1. The second-order valence-corrected chi connectivity index (χ2v) is 7.44. The molecule has 4 heteroatoms. The molecule has 3 nitrogen and oxygen atoms in total. The lowest BCUT2D eigenvalue weighted by Crippen LogP contribution is -2.00. The van der Waals surface area contributed by atoms with Crippen LogP contribution in [0.4, 0.5) is 0 Å². The molecule has 0 amide bonds. The second-order valence-electron chi connectivity index (χ2n) is 6.58. The minimum Gasteiger partial charge on any atom is -0.263 e. The highest BCUT2D eigenvalue weighted by Gasteiger charge is 2.15. The van der Waals surface area contributed by atoms with Crippen molar-refractivity contribution >= 4 is 22.1 Å². The topological polar surface area (TPSA) is 38.7 Å². The van der Waals surface area contributed by atoms with Crippen molar-refractivity contribution < 1.29 is 0 Å². The van der Waals surface area contributed by atoms with Gasteiger partial charge >= 0.3 is 0 Å². The van der Waals surface area contributed by atoms with Gasteiger partial charge in [0.25, 0.3) is 0 Å². The lowest BCUT2D eigenvalue weighted by Gasteiger charge is -2.14. The van der Waals surface area contributed by atoms with Crippen molar-refractivity contribution in [1.82, 2.24) is 15.0 Å². The van der Waals surface area contributed by atoms with Gasteiger partial charge in [-0.3, -0.25) is 4.98 Å². The Morgan fingerprint density at radius 1 is 1.00 bits per heavy atom. The van der Waals surface area contributed by atoms with E-state index in [9.17, 15) is 0 Å². The summed E-state index contributed by atoms with van der Waals surface area (Å²) in [4.78, 5) is 14.1. The molecular weight excluding hydrogens is 338 g/mol. The molecule has 0 radical (unpaired) electrons. The van der Waals surface area contributed by atoms with Crippen LogP contribution in [0.3, 0.4) is 0 Å². The largest absolute Gasteiger partial charge is 0.263 e. The molecule has 0 aliphatic carbocycles. The number of hydrogen-bond donors (Lipinski definition) is 0. The van der Waals surface area contributed by atoms with E-state index in [4.69, 9.17) is 4.98 Å². The van der Waals surface area contributed by atoms with Crippen LogP contribution in [-0.2, 0) is 6.42 Å². The van der Waals surface area contributed by atoms with Crippen LogP contribution in [0.1, 0.15) is 30.3 Å². The van der Waals surface area contributed by atoms with E-state index in [-0.39, 0.29) is 0 Å². The maximum atomic E-state index is 4.94. The monoisotopic (exact) mass is 359 g/mol. The summed E-state index contributed by atoms with van der Waals surface area (Å²) in [5, 5.41) is 5.44. The standard InChI is InChI=1S/C22H21N3S/c1-4-7-20-15(3)18(10-21(25-20)22-24-14(2)13-26-22)19-12-23-11-16-8-5-6-9-17(16)19/h5-6,8-13H,4,7H2,1-3H3. The molecule has 0 N–H and O–H groups in total. The van der Waals surface area contributed by atoms with Crippen LogP contribution in [0.5, 0.6) is 0 Å². The second kappa shape index (κ2) is 6.96. The molecule has 3 heterocycles. The first-order chi connectivity index (χ1) is 12.7. The van der Waals surface area contributed by atoms with E-state index >= 15 is 0 Å². The normalized spacial score (nSPS) is 11.2. The fraction of sp³-hybridized carbons (Fsp3) is 0.227. The summed E-state index contributed by atoms with van der Waals surface area (Å²) in [6.45, 7) is 6.39. The highest BCUT2D eigenvalue weighted by Crippen LogP contribution is 2.34. The van der Waals surface area contributed by atoms with Crippen LogP contribution in [0.2, 0.25) is 0 Å². The molecule has 0 saturated heterocycles. The van der Waals surface area contributed by atoms with Gasteiger partial charge in [0, 0.05) is 40.1 Å². The molecule has 3 aromatic heterocycles. The van der Waals surface area contributed by atoms with E-state index in [2.05, 4.69) is 59.5 Å². The van der Waals surface area contributed by atoms with Gasteiger partial charge in [0.15, 0.2) is 0 Å². The average molecular weight is 359 g/mol. The summed E-state index contributed by atoms with van der Waals surface area (Å²) in [6.07, 6.45) is 5.93. The van der Waals surface area contributed by atoms with Crippen molar-refractivity contribution in [2.75, 3.05) is 0 Å². The van der Waals surface area contributed by atoms with Gasteiger partial charge in [-0.2, -0.15) is 0 Å². The number of benzene rings is 1. The Morgan fingerprint density at radius 3 is 2.62 bits per heavy atom. The molecule has 4 rings (SSSR count). The van der Waals surface area contributed by atoms with E-state index in [1.54, 1.807) is 11.3 Å². The summed E-state index contributed by atoms with van der Waals surface area (Å²) >= 11 is 1.65. The summed E-state index contributed by atoms with van der Waals surface area (Å²) in [7, 11) is 0. The summed E-state index contributed by atoms with van der Waals surface area (Å²) < 4.78 is 0. The number of hydrogen-bond acceptors (Lipinski definition) is 4. The zero-order chi connectivity index (χ0) is 18.1. The molecule has 26 heavy (non-hydrogen) atoms. The number of nitrogens with zero attached hydrogens (tertiary/aromatic N) is 3. The average Bonchev–Trinajstić information content (AvgIpc) is 3.10. The van der Waals surface area contributed by atoms with E-state index in [1.165, 1.54) is 16.5 Å². The van der Waals surface area contributed by atoms with Gasteiger partial charge in [0.1, 0.15) is 5.01 Å². The molecule has 0 unspecified atom stereocenters. The first kappa shape index (κ1) is 16.9. The van der Waals surface area contributed by atoms with Gasteiger partial charge in [-0.1, -0.05) is 37.6 Å². The number of aromatic nitrogens is 3. The van der Waals surface area contributed by atoms with Crippen molar-refractivity contribution in [3.63, 3.8) is 0 Å². The Labute approximate surface area is 157 Å². The van der Waals surface area contributed by atoms with E-state index in [0.29, 0.717) is 0 Å². The van der Waals surface area contributed by atoms with Crippen LogP contribution in [-0.4, -0.2) is 15.0 Å². The molecule has 0 fully saturated rings. The smallest absolute Gasteiger partial charge is 0.142 e. The van der Waals surface area contributed by atoms with Crippen molar-refractivity contribution in [3.05, 3.63) is 65.1 Å². The highest BCUT2D eigenvalue weighted by atomic mass is 32.1. The lowest BCUT2D eigenvalue weighted by molar-refractivity contribution is 0.873. The van der Waals surface area contributed by atoms with E-state index in [0.717, 1.165) is 45.9 Å². The van der Waals surface area contributed by atoms with Crippen LogP contribution in [0.25, 0.3) is 32.6 Å². The zero-order valence-electron chi connectivity index (χ0n) is 15.3. The quantitative estimate of drug-likeness (QED) is 0.449. The maximum absolute atomic E-state index is 4.94. The molecule has 1 aromatic carbocycles. The first-order valence-electron chi connectivity index (χ1n) is 8.93. The summed E-state index contributed by atoms with van der Waals surface area (Å²) in [5.41, 5.74) is 6.76. The molecule has 0 bridgehead atoms. The van der Waals surface area contributed by atoms with Crippen LogP contribution in [0.15, 0.2) is 48.1 Å². The van der Waals surface area contributed by atoms with Crippen molar-refractivity contribution in [2.24, 2.45) is 0 Å². The molecule has 0 saturated carbocycles. The fourth-order valence-electron chi connectivity index (χ4n) is 3.33. The summed E-state index contributed by atoms with van der Waals surface area (Å²) in [6, 6.07) is 10.6. The molecular formula is C22H21N3S. The van der Waals surface area contributed by atoms with E-state index < -0.39 is 0 Å². The van der Waals surface area contributed by atoms with Crippen LogP contribution in [0, 0.1) is 13.8 Å². The Morgan fingerprint density at radius 2 is 1.85 bits per heavy atom. The third-order valence-corrected chi connectivity index (χ3v) is 5.64. The molecule has 0 atom stereocenters. The Hall–Kier alpha value is -2.59. The molecule has 0 aliphatic rings. The van der Waals surface area contributed by atoms with Gasteiger partial charge in [0.2, 0.25) is 0 Å². The van der Waals surface area contributed by atoms with Gasteiger partial charge in [0.05, 0.1) is 5.69 Å². The molecule has 130 valence electrons. The minimum absolute atomic E-state index is 0.958. The maximum Gasteiger partial charge on any atom is 0.142 e. The van der Waals surface area contributed by atoms with Gasteiger partial charge in [-0.15, -0.1) is 11.3 Å². The molecule has 0 spiro atoms. The van der Waals surface area contributed by atoms with Gasteiger partial charge in [-0.25, -0.2) is 9.97 Å². The predicted molar refractivity (Wildman–Crippen MR) is 110 cm³/mol. The van der Waals surface area contributed by atoms with E-state index in [1.807, 2.05) is 19.3 Å². The van der Waals surface area contributed by atoms with Crippen LogP contribution < -0.4 is 0 Å². The van der Waals surface area contributed by atoms with Crippen molar-refractivity contribution in [3.8, 4) is 21.8 Å². The number of rotatable bonds is 4. The Kier molecular flexibility index (Phi) is 4.51. The predicted octanol–water partition coefficient (Wildman–Crippen LogP) is 5.99. The van der Waals surface area contributed by atoms with Crippen LogP contribution >= 0.6 is 11.3 Å². The molecule has 4 aromatic rings. The third-order valence-electron chi connectivity index (χ3n) is 4.66. The third kappa shape index (κ3) is 3.01. The first-order valence-corrected chi connectivity index (χ1v) is 9.81. The summed E-state index contributed by atoms with van der Waals surface area (Å²) in [5.74, 6) is 0. The SMILES string of the molecule is CCCc1nc(-c2nc(C)cs2)cc(-c2cncc3ccccc23)c1C. The molecule has 0 aliphatic heterocycles. The Bertz CT molecular complexity index is 1080. The highest BCUT2D eigenvalue weighted by molar-refractivity contribution is 7.13. The number of aryl methyl sites for hydroxylation is 2. The number of pyridine rings is 2. The Balaban J connectivity index is 1.98. The van der Waals surface area contributed by atoms with Gasteiger partial charge < -0.3 is 0 Å². The lowest BCUT2D eigenvalue weighted by atomic mass is 9.95. The van der Waals surface area contributed by atoms with Gasteiger partial charge in [-0.05, 0) is 42.8 Å². The van der Waals surface area contributed by atoms with Crippen molar-refractivity contribution in [2.45, 2.75) is 33.6 Å². The number of thiazole rings is 1. The van der Waals surface area contributed by atoms with Crippen molar-refractivity contribution in [1.29, 1.82) is 0 Å². The minimum atomic E-state index is 0.958.